The van der Waals surface area contributed by atoms with Crippen molar-refractivity contribution in [1.82, 2.24) is 6.15 Å². The average molecular weight is 179 g/mol. The van der Waals surface area contributed by atoms with Crippen LogP contribution in [-0.4, -0.2) is 17.2 Å². The summed E-state index contributed by atoms with van der Waals surface area (Å²) >= 11 is 0. The van der Waals surface area contributed by atoms with Crippen LogP contribution in [0.5, 0.6) is 0 Å². The van der Waals surface area contributed by atoms with E-state index in [1.165, 1.54) is 0 Å². The third-order valence-electron chi connectivity index (χ3n) is 1.58. The van der Waals surface area contributed by atoms with Gasteiger partial charge in [-0.3, -0.25) is 0 Å². The topological polar surface area (TPSA) is 72.3 Å². The lowest BCUT2D eigenvalue weighted by Gasteiger charge is -2.01. The lowest BCUT2D eigenvalue weighted by atomic mass is 10.1. The molecule has 0 aliphatic carbocycles. The molecule has 3 nitrogen and oxygen atoms in total. The molecule has 1 unspecified atom stereocenters. The van der Waals surface area contributed by atoms with Gasteiger partial charge in [-0.05, 0) is 12.8 Å². The summed E-state index contributed by atoms with van der Waals surface area (Å²) in [5.74, 6) is -1.33. The first-order valence-corrected chi connectivity index (χ1v) is 4.05. The molecule has 0 radical (unpaired) electrons. The molecule has 0 saturated carbocycles. The van der Waals surface area contributed by atoms with E-state index in [2.05, 4.69) is 6.92 Å². The van der Waals surface area contributed by atoms with Gasteiger partial charge in [0.05, 0.1) is 0 Å². The zero-order valence-electron chi connectivity index (χ0n) is 7.55. The summed E-state index contributed by atoms with van der Waals surface area (Å²) in [6.45, 7) is 2.06. The van der Waals surface area contributed by atoms with Crippen LogP contribution >= 0.6 is 0 Å². The van der Waals surface area contributed by atoms with E-state index in [4.69, 9.17) is 5.11 Å². The number of carboxylic acid groups (broad SMARTS) is 1. The van der Waals surface area contributed by atoms with Crippen LogP contribution in [0.1, 0.15) is 39.0 Å². The number of halogens is 1. The summed E-state index contributed by atoms with van der Waals surface area (Å²) in [7, 11) is 0. The van der Waals surface area contributed by atoms with E-state index < -0.39 is 12.1 Å². The minimum absolute atomic E-state index is 0. The number of aliphatic carboxylic acids is 1. The van der Waals surface area contributed by atoms with Crippen molar-refractivity contribution in [3.63, 3.8) is 0 Å². The summed E-state index contributed by atoms with van der Waals surface area (Å²) < 4.78 is 12.4. The molecule has 0 bridgehead atoms. The molecule has 0 aliphatic heterocycles. The number of hydrogen-bond acceptors (Lipinski definition) is 2. The van der Waals surface area contributed by atoms with Gasteiger partial charge in [-0.15, -0.1) is 0 Å². The predicted molar refractivity (Wildman–Crippen MR) is 46.3 cm³/mol. The van der Waals surface area contributed by atoms with Crippen LogP contribution in [0.4, 0.5) is 4.39 Å². The van der Waals surface area contributed by atoms with Crippen LogP contribution < -0.4 is 6.15 Å². The Kier molecular flexibility index (Phi) is 9.81. The van der Waals surface area contributed by atoms with Crippen molar-refractivity contribution in [2.45, 2.75) is 45.2 Å². The second kappa shape index (κ2) is 8.46. The highest BCUT2D eigenvalue weighted by atomic mass is 19.1. The zero-order valence-corrected chi connectivity index (χ0v) is 7.55. The Bertz CT molecular complexity index is 120. The Morgan fingerprint density at radius 3 is 2.42 bits per heavy atom. The van der Waals surface area contributed by atoms with Crippen molar-refractivity contribution in [3.8, 4) is 0 Å². The van der Waals surface area contributed by atoms with Crippen LogP contribution in [0.25, 0.3) is 0 Å². The molecule has 12 heavy (non-hydrogen) atoms. The molecule has 0 amide bonds. The second-order valence-electron chi connectivity index (χ2n) is 2.66. The van der Waals surface area contributed by atoms with Crippen molar-refractivity contribution >= 4 is 5.97 Å². The number of alkyl halides is 1. The normalized spacial score (nSPS) is 11.8. The SMILES string of the molecule is CCCCCCC(F)C(=O)O.N. The highest BCUT2D eigenvalue weighted by Gasteiger charge is 2.13. The molecular formula is C8H18FNO2. The highest BCUT2D eigenvalue weighted by Crippen LogP contribution is 2.07. The molecule has 0 aromatic heterocycles. The largest absolute Gasteiger partial charge is 0.479 e. The van der Waals surface area contributed by atoms with E-state index in [9.17, 15) is 9.18 Å². The number of carboxylic acids is 1. The fraction of sp³-hybridized carbons (Fsp3) is 0.875. The monoisotopic (exact) mass is 179 g/mol. The fourth-order valence-electron chi connectivity index (χ4n) is 0.874. The molecule has 0 aliphatic rings. The van der Waals surface area contributed by atoms with Crippen LogP contribution in [0, 0.1) is 0 Å². The van der Waals surface area contributed by atoms with Gasteiger partial charge in [-0.1, -0.05) is 26.2 Å². The van der Waals surface area contributed by atoms with Crippen LogP contribution in [-0.2, 0) is 4.79 Å². The van der Waals surface area contributed by atoms with Gasteiger partial charge >= 0.3 is 5.97 Å². The van der Waals surface area contributed by atoms with Gasteiger partial charge in [-0.2, -0.15) is 0 Å². The molecule has 1 atom stereocenters. The van der Waals surface area contributed by atoms with Crippen molar-refractivity contribution < 1.29 is 14.3 Å². The number of hydrogen-bond donors (Lipinski definition) is 2. The smallest absolute Gasteiger partial charge is 0.338 e. The van der Waals surface area contributed by atoms with Crippen molar-refractivity contribution in [2.75, 3.05) is 0 Å². The van der Waals surface area contributed by atoms with E-state index in [-0.39, 0.29) is 12.6 Å². The molecule has 74 valence electrons. The van der Waals surface area contributed by atoms with Gasteiger partial charge in [0.2, 0.25) is 0 Å². The van der Waals surface area contributed by atoms with E-state index >= 15 is 0 Å². The lowest BCUT2D eigenvalue weighted by molar-refractivity contribution is -0.143. The molecule has 4 N–H and O–H groups in total. The van der Waals surface area contributed by atoms with Crippen molar-refractivity contribution in [1.29, 1.82) is 0 Å². The number of carbonyl (C=O) groups is 1. The van der Waals surface area contributed by atoms with Gasteiger partial charge in [-0.25, -0.2) is 9.18 Å². The standard InChI is InChI=1S/C8H15FO2.H3N/c1-2-3-4-5-6-7(9)8(10)11;/h7H,2-6H2,1H3,(H,10,11);1H3. The third kappa shape index (κ3) is 7.47. The Morgan fingerprint density at radius 1 is 1.42 bits per heavy atom. The summed E-state index contributed by atoms with van der Waals surface area (Å²) in [6.07, 6.45) is 2.27. The minimum atomic E-state index is -1.66. The van der Waals surface area contributed by atoms with Crippen LogP contribution in [0.15, 0.2) is 0 Å². The third-order valence-corrected chi connectivity index (χ3v) is 1.58. The highest BCUT2D eigenvalue weighted by molar-refractivity contribution is 5.71. The molecule has 0 saturated heterocycles. The van der Waals surface area contributed by atoms with Gasteiger partial charge < -0.3 is 11.3 Å². The summed E-state index contributed by atoms with van der Waals surface area (Å²) in [5, 5.41) is 8.16. The first kappa shape index (κ1) is 13.9. The zero-order chi connectivity index (χ0) is 8.69. The Labute approximate surface area is 72.6 Å². The molecule has 0 aromatic rings. The maximum absolute atomic E-state index is 12.4. The van der Waals surface area contributed by atoms with Crippen molar-refractivity contribution in [2.24, 2.45) is 0 Å². The molecule has 4 heteroatoms. The Hall–Kier alpha value is -0.640. The molecule has 0 fully saturated rings. The van der Waals surface area contributed by atoms with E-state index in [0.29, 0.717) is 6.42 Å². The van der Waals surface area contributed by atoms with E-state index in [1.807, 2.05) is 0 Å². The van der Waals surface area contributed by atoms with Gasteiger partial charge in [0.15, 0.2) is 6.17 Å². The molecule has 0 heterocycles. The lowest BCUT2D eigenvalue weighted by Crippen LogP contribution is -2.13. The number of unbranched alkanes of at least 4 members (excludes halogenated alkanes) is 3. The first-order chi connectivity index (χ1) is 5.18. The number of rotatable bonds is 6. The molecule has 0 spiro atoms. The van der Waals surface area contributed by atoms with Crippen LogP contribution in [0.3, 0.4) is 0 Å². The average Bonchev–Trinajstić information content (AvgIpc) is 1.97. The predicted octanol–water partition coefficient (Wildman–Crippen LogP) is 2.54. The van der Waals surface area contributed by atoms with E-state index in [0.717, 1.165) is 19.3 Å². The van der Waals surface area contributed by atoms with Gasteiger partial charge in [0.1, 0.15) is 0 Å². The van der Waals surface area contributed by atoms with E-state index in [1.54, 1.807) is 0 Å². The van der Waals surface area contributed by atoms with Crippen molar-refractivity contribution in [3.05, 3.63) is 0 Å². The Morgan fingerprint density at radius 2 is 2.00 bits per heavy atom. The minimum Gasteiger partial charge on any atom is -0.479 e. The van der Waals surface area contributed by atoms with Gasteiger partial charge in [0.25, 0.3) is 0 Å². The second-order valence-corrected chi connectivity index (χ2v) is 2.66. The van der Waals surface area contributed by atoms with Crippen LogP contribution in [0.2, 0.25) is 0 Å². The maximum atomic E-state index is 12.4. The summed E-state index contributed by atoms with van der Waals surface area (Å²) in [6, 6.07) is 0. The molecular weight excluding hydrogens is 161 g/mol. The van der Waals surface area contributed by atoms with Gasteiger partial charge in [0, 0.05) is 0 Å². The fourth-order valence-corrected chi connectivity index (χ4v) is 0.874. The molecule has 0 rings (SSSR count). The quantitative estimate of drug-likeness (QED) is 0.615. The first-order valence-electron chi connectivity index (χ1n) is 4.05. The summed E-state index contributed by atoms with van der Waals surface area (Å²) in [5.41, 5.74) is 0. The summed E-state index contributed by atoms with van der Waals surface area (Å²) in [4.78, 5) is 9.99. The molecule has 0 aromatic carbocycles. The Balaban J connectivity index is 0. The maximum Gasteiger partial charge on any atom is 0.338 e.